The van der Waals surface area contributed by atoms with Gasteiger partial charge in [0, 0.05) is 5.92 Å². The SMILES string of the molecule is CCCCC(CC)c1nc(N)nc(SC)n1. The van der Waals surface area contributed by atoms with Crippen LogP contribution in [0.25, 0.3) is 0 Å². The summed E-state index contributed by atoms with van der Waals surface area (Å²) in [4.78, 5) is 12.8. The first kappa shape index (κ1) is 13.2. The van der Waals surface area contributed by atoms with Gasteiger partial charge in [0.15, 0.2) is 5.16 Å². The van der Waals surface area contributed by atoms with Crippen LogP contribution in [0, 0.1) is 0 Å². The molecule has 1 rings (SSSR count). The zero-order chi connectivity index (χ0) is 12.0. The molecule has 2 N–H and O–H groups in total. The number of nitrogen functional groups attached to an aromatic ring is 1. The fourth-order valence-corrected chi connectivity index (χ4v) is 2.00. The normalized spacial score (nSPS) is 12.7. The number of anilines is 1. The van der Waals surface area contributed by atoms with Crippen molar-refractivity contribution < 1.29 is 0 Å². The Morgan fingerprint density at radius 2 is 2.00 bits per heavy atom. The lowest BCUT2D eigenvalue weighted by atomic mass is 9.99. The number of aromatic nitrogens is 3. The number of hydrogen-bond donors (Lipinski definition) is 1. The van der Waals surface area contributed by atoms with Crippen molar-refractivity contribution >= 4 is 17.7 Å². The van der Waals surface area contributed by atoms with Crippen LogP contribution in [0.2, 0.25) is 0 Å². The second kappa shape index (κ2) is 6.68. The average molecular weight is 240 g/mol. The van der Waals surface area contributed by atoms with Crippen molar-refractivity contribution in [3.05, 3.63) is 5.82 Å². The highest BCUT2D eigenvalue weighted by Crippen LogP contribution is 2.24. The topological polar surface area (TPSA) is 64.7 Å². The second-order valence-corrected chi connectivity index (χ2v) is 4.56. The molecule has 0 aliphatic heterocycles. The molecule has 16 heavy (non-hydrogen) atoms. The van der Waals surface area contributed by atoms with E-state index in [1.807, 2.05) is 6.26 Å². The molecular formula is C11H20N4S. The van der Waals surface area contributed by atoms with E-state index in [4.69, 9.17) is 5.73 Å². The molecule has 0 amide bonds. The lowest BCUT2D eigenvalue weighted by molar-refractivity contribution is 0.535. The number of thioether (sulfide) groups is 1. The van der Waals surface area contributed by atoms with Gasteiger partial charge in [-0.1, -0.05) is 38.5 Å². The van der Waals surface area contributed by atoms with Gasteiger partial charge in [-0.25, -0.2) is 4.98 Å². The quantitative estimate of drug-likeness (QED) is 0.775. The fraction of sp³-hybridized carbons (Fsp3) is 0.727. The molecule has 1 atom stereocenters. The standard InChI is InChI=1S/C11H20N4S/c1-4-6-7-8(5-2)9-13-10(12)15-11(14-9)16-3/h8H,4-7H2,1-3H3,(H2,12,13,14,15). The van der Waals surface area contributed by atoms with E-state index in [0.717, 1.165) is 23.8 Å². The first-order chi connectivity index (χ1) is 7.71. The Labute approximate surface area is 101 Å². The minimum atomic E-state index is 0.337. The summed E-state index contributed by atoms with van der Waals surface area (Å²) in [5, 5.41) is 0.720. The smallest absolute Gasteiger partial charge is 0.224 e. The van der Waals surface area contributed by atoms with Crippen LogP contribution in [-0.4, -0.2) is 21.2 Å². The van der Waals surface area contributed by atoms with E-state index in [-0.39, 0.29) is 0 Å². The number of hydrogen-bond acceptors (Lipinski definition) is 5. The summed E-state index contributed by atoms with van der Waals surface area (Å²) in [5.41, 5.74) is 5.68. The van der Waals surface area contributed by atoms with Crippen molar-refractivity contribution in [2.75, 3.05) is 12.0 Å². The van der Waals surface area contributed by atoms with Crippen molar-refractivity contribution in [1.82, 2.24) is 15.0 Å². The van der Waals surface area contributed by atoms with E-state index in [9.17, 15) is 0 Å². The Bertz CT molecular complexity index is 330. The minimum absolute atomic E-state index is 0.337. The molecule has 0 saturated heterocycles. The summed E-state index contributed by atoms with van der Waals surface area (Å²) in [5.74, 6) is 1.60. The van der Waals surface area contributed by atoms with Crippen LogP contribution in [0.1, 0.15) is 51.3 Å². The van der Waals surface area contributed by atoms with E-state index in [2.05, 4.69) is 28.8 Å². The zero-order valence-electron chi connectivity index (χ0n) is 10.2. The lowest BCUT2D eigenvalue weighted by Crippen LogP contribution is -2.09. The molecule has 0 aromatic carbocycles. The summed E-state index contributed by atoms with van der Waals surface area (Å²) in [6.07, 6.45) is 6.54. The molecule has 0 spiro atoms. The highest BCUT2D eigenvalue weighted by Gasteiger charge is 2.14. The maximum atomic E-state index is 5.68. The van der Waals surface area contributed by atoms with Gasteiger partial charge >= 0.3 is 0 Å². The van der Waals surface area contributed by atoms with E-state index in [0.29, 0.717) is 11.9 Å². The maximum absolute atomic E-state index is 5.68. The maximum Gasteiger partial charge on any atom is 0.224 e. The van der Waals surface area contributed by atoms with Crippen molar-refractivity contribution in [2.45, 2.75) is 50.6 Å². The molecule has 0 aliphatic rings. The molecule has 90 valence electrons. The second-order valence-electron chi connectivity index (χ2n) is 3.79. The molecule has 0 radical (unpaired) electrons. The summed E-state index contributed by atoms with van der Waals surface area (Å²) < 4.78 is 0. The van der Waals surface area contributed by atoms with Crippen LogP contribution in [0.15, 0.2) is 5.16 Å². The van der Waals surface area contributed by atoms with Gasteiger partial charge < -0.3 is 5.73 Å². The van der Waals surface area contributed by atoms with Gasteiger partial charge in [0.25, 0.3) is 0 Å². The predicted molar refractivity (Wildman–Crippen MR) is 68.6 cm³/mol. The highest BCUT2D eigenvalue weighted by atomic mass is 32.2. The molecule has 4 nitrogen and oxygen atoms in total. The molecule has 0 fully saturated rings. The van der Waals surface area contributed by atoms with Crippen molar-refractivity contribution in [2.24, 2.45) is 0 Å². The van der Waals surface area contributed by atoms with E-state index < -0.39 is 0 Å². The van der Waals surface area contributed by atoms with Crippen LogP contribution in [0.3, 0.4) is 0 Å². The molecule has 1 aromatic heterocycles. The third kappa shape index (κ3) is 3.63. The fourth-order valence-electron chi connectivity index (χ4n) is 1.63. The lowest BCUT2D eigenvalue weighted by Gasteiger charge is -2.13. The van der Waals surface area contributed by atoms with Crippen LogP contribution in [0.5, 0.6) is 0 Å². The van der Waals surface area contributed by atoms with E-state index in [1.165, 1.54) is 24.6 Å². The summed E-state index contributed by atoms with van der Waals surface area (Å²) >= 11 is 1.51. The van der Waals surface area contributed by atoms with Gasteiger partial charge in [0.2, 0.25) is 5.95 Å². The van der Waals surface area contributed by atoms with E-state index in [1.54, 1.807) is 0 Å². The zero-order valence-corrected chi connectivity index (χ0v) is 11.0. The minimum Gasteiger partial charge on any atom is -0.368 e. The van der Waals surface area contributed by atoms with Crippen molar-refractivity contribution in [1.29, 1.82) is 0 Å². The number of nitrogens with zero attached hydrogens (tertiary/aromatic N) is 3. The molecule has 1 aromatic rings. The summed E-state index contributed by atoms with van der Waals surface area (Å²) in [7, 11) is 0. The predicted octanol–water partition coefficient (Wildman–Crippen LogP) is 2.86. The van der Waals surface area contributed by atoms with Gasteiger partial charge in [-0.05, 0) is 19.1 Å². The highest BCUT2D eigenvalue weighted by molar-refractivity contribution is 7.98. The van der Waals surface area contributed by atoms with Gasteiger partial charge in [0.1, 0.15) is 5.82 Å². The van der Waals surface area contributed by atoms with Gasteiger partial charge in [-0.2, -0.15) is 9.97 Å². The Morgan fingerprint density at radius 3 is 2.56 bits per heavy atom. The Kier molecular flexibility index (Phi) is 5.52. The van der Waals surface area contributed by atoms with Crippen LogP contribution < -0.4 is 5.73 Å². The number of unbranched alkanes of at least 4 members (excludes halogenated alkanes) is 1. The molecule has 0 bridgehead atoms. The van der Waals surface area contributed by atoms with Gasteiger partial charge in [0.05, 0.1) is 0 Å². The Morgan fingerprint density at radius 1 is 1.25 bits per heavy atom. The molecule has 5 heteroatoms. The van der Waals surface area contributed by atoms with Gasteiger partial charge in [-0.15, -0.1) is 0 Å². The Balaban J connectivity index is 2.86. The van der Waals surface area contributed by atoms with Crippen LogP contribution in [-0.2, 0) is 0 Å². The molecule has 0 aliphatic carbocycles. The van der Waals surface area contributed by atoms with Crippen LogP contribution >= 0.6 is 11.8 Å². The van der Waals surface area contributed by atoms with Gasteiger partial charge in [-0.3, -0.25) is 0 Å². The molecular weight excluding hydrogens is 220 g/mol. The molecule has 1 heterocycles. The molecule has 1 unspecified atom stereocenters. The van der Waals surface area contributed by atoms with Crippen molar-refractivity contribution in [3.63, 3.8) is 0 Å². The van der Waals surface area contributed by atoms with E-state index >= 15 is 0 Å². The Hall–Kier alpha value is -0.840. The van der Waals surface area contributed by atoms with Crippen LogP contribution in [0.4, 0.5) is 5.95 Å². The third-order valence-electron chi connectivity index (χ3n) is 2.60. The monoisotopic (exact) mass is 240 g/mol. The first-order valence-electron chi connectivity index (χ1n) is 5.76. The largest absolute Gasteiger partial charge is 0.368 e. The summed E-state index contributed by atoms with van der Waals surface area (Å²) in [6, 6.07) is 0. The molecule has 0 saturated carbocycles. The number of nitrogens with two attached hydrogens (primary N) is 1. The summed E-state index contributed by atoms with van der Waals surface area (Å²) in [6.45, 7) is 4.36. The number of rotatable bonds is 6. The third-order valence-corrected chi connectivity index (χ3v) is 3.14. The van der Waals surface area contributed by atoms with Crippen molar-refractivity contribution in [3.8, 4) is 0 Å². The average Bonchev–Trinajstić information content (AvgIpc) is 2.29. The first-order valence-corrected chi connectivity index (χ1v) is 6.99.